The predicted molar refractivity (Wildman–Crippen MR) is 36.1 cm³/mol. The second kappa shape index (κ2) is 6.09. The van der Waals surface area contributed by atoms with Crippen molar-refractivity contribution in [3.8, 4) is 6.26 Å². The molecule has 0 aliphatic heterocycles. The number of nitriles is 1. The molecule has 0 atom stereocenters. The van der Waals surface area contributed by atoms with Crippen molar-refractivity contribution < 1.29 is 9.53 Å². The Balaban J connectivity index is 3.19. The first-order valence-corrected chi connectivity index (χ1v) is 3.33. The molecule has 0 aromatic heterocycles. The summed E-state index contributed by atoms with van der Waals surface area (Å²) >= 11 is 0. The summed E-state index contributed by atoms with van der Waals surface area (Å²) in [5.41, 5.74) is 0. The highest BCUT2D eigenvalue weighted by Gasteiger charge is 1.99. The SMILES string of the molecule is CCCCC(=O)COC#N. The van der Waals surface area contributed by atoms with E-state index in [2.05, 4.69) is 4.74 Å². The van der Waals surface area contributed by atoms with Crippen LogP contribution in [0.1, 0.15) is 26.2 Å². The third-order valence-electron chi connectivity index (χ3n) is 1.11. The molecule has 10 heavy (non-hydrogen) atoms. The van der Waals surface area contributed by atoms with Crippen molar-refractivity contribution in [2.45, 2.75) is 26.2 Å². The molecule has 0 saturated carbocycles. The van der Waals surface area contributed by atoms with Gasteiger partial charge in [-0.05, 0) is 6.42 Å². The van der Waals surface area contributed by atoms with E-state index >= 15 is 0 Å². The molecular weight excluding hydrogens is 130 g/mol. The van der Waals surface area contributed by atoms with Gasteiger partial charge in [-0.25, -0.2) is 0 Å². The largest absolute Gasteiger partial charge is 0.419 e. The standard InChI is InChI=1S/C7H11NO2/c1-2-3-4-7(9)5-10-6-8/h2-5H2,1H3. The van der Waals surface area contributed by atoms with Crippen molar-refractivity contribution in [3.63, 3.8) is 0 Å². The summed E-state index contributed by atoms with van der Waals surface area (Å²) in [4.78, 5) is 10.7. The molecule has 0 aliphatic carbocycles. The van der Waals surface area contributed by atoms with Gasteiger partial charge in [0.25, 0.3) is 6.26 Å². The molecule has 0 spiro atoms. The van der Waals surface area contributed by atoms with Crippen LogP contribution < -0.4 is 0 Å². The fourth-order valence-corrected chi connectivity index (χ4v) is 0.559. The normalized spacial score (nSPS) is 8.40. The molecule has 3 heteroatoms. The number of carbonyl (C=O) groups excluding carboxylic acids is 1. The summed E-state index contributed by atoms with van der Waals surface area (Å²) in [6.45, 7) is 1.95. The van der Waals surface area contributed by atoms with Gasteiger partial charge >= 0.3 is 0 Å². The van der Waals surface area contributed by atoms with Crippen LogP contribution in [0.4, 0.5) is 0 Å². The van der Waals surface area contributed by atoms with Crippen molar-refractivity contribution >= 4 is 5.78 Å². The lowest BCUT2D eigenvalue weighted by molar-refractivity contribution is -0.121. The van der Waals surface area contributed by atoms with Crippen LogP contribution in [0.5, 0.6) is 0 Å². The first kappa shape index (κ1) is 8.96. The summed E-state index contributed by atoms with van der Waals surface area (Å²) in [5.74, 6) is 0.00315. The van der Waals surface area contributed by atoms with E-state index in [0.717, 1.165) is 12.8 Å². The molecule has 0 heterocycles. The second-order valence-corrected chi connectivity index (χ2v) is 2.02. The summed E-state index contributed by atoms with van der Waals surface area (Å²) in [6, 6.07) is 0. The van der Waals surface area contributed by atoms with Crippen LogP contribution in [0.25, 0.3) is 0 Å². The van der Waals surface area contributed by atoms with Gasteiger partial charge in [0.15, 0.2) is 12.4 Å². The van der Waals surface area contributed by atoms with E-state index in [0.29, 0.717) is 6.42 Å². The van der Waals surface area contributed by atoms with Crippen LogP contribution in [0.2, 0.25) is 0 Å². The Morgan fingerprint density at radius 3 is 2.90 bits per heavy atom. The van der Waals surface area contributed by atoms with Crippen LogP contribution in [-0.4, -0.2) is 12.4 Å². The highest BCUT2D eigenvalue weighted by Crippen LogP contribution is 1.94. The minimum atomic E-state index is -0.0590. The molecule has 0 aromatic carbocycles. The third-order valence-corrected chi connectivity index (χ3v) is 1.11. The molecule has 0 fully saturated rings. The van der Waals surface area contributed by atoms with Crippen molar-refractivity contribution in [2.24, 2.45) is 0 Å². The number of Topliss-reactive ketones (excluding diaryl/α,β-unsaturated/α-hetero) is 1. The fraction of sp³-hybridized carbons (Fsp3) is 0.714. The number of nitrogens with zero attached hydrogens (tertiary/aromatic N) is 1. The molecule has 56 valence electrons. The van der Waals surface area contributed by atoms with Crippen LogP contribution in [0, 0.1) is 11.5 Å². The second-order valence-electron chi connectivity index (χ2n) is 2.02. The highest BCUT2D eigenvalue weighted by atomic mass is 16.5. The quantitative estimate of drug-likeness (QED) is 0.541. The first-order valence-electron chi connectivity index (χ1n) is 3.33. The number of ether oxygens (including phenoxy) is 1. The van der Waals surface area contributed by atoms with Gasteiger partial charge in [0, 0.05) is 6.42 Å². The molecule has 3 nitrogen and oxygen atoms in total. The summed E-state index contributed by atoms with van der Waals surface area (Å²) in [7, 11) is 0. The number of hydrogen-bond acceptors (Lipinski definition) is 3. The molecular formula is C7H11NO2. The van der Waals surface area contributed by atoms with Crippen molar-refractivity contribution in [1.29, 1.82) is 5.26 Å². The van der Waals surface area contributed by atoms with Crippen molar-refractivity contribution in [1.82, 2.24) is 0 Å². The lowest BCUT2D eigenvalue weighted by atomic mass is 10.2. The Kier molecular flexibility index (Phi) is 5.45. The van der Waals surface area contributed by atoms with E-state index in [-0.39, 0.29) is 12.4 Å². The van der Waals surface area contributed by atoms with Crippen LogP contribution in [-0.2, 0) is 9.53 Å². The molecule has 0 amide bonds. The zero-order valence-corrected chi connectivity index (χ0v) is 6.09. The summed E-state index contributed by atoms with van der Waals surface area (Å²) < 4.78 is 4.25. The van der Waals surface area contributed by atoms with Crippen molar-refractivity contribution in [3.05, 3.63) is 0 Å². The lowest BCUT2D eigenvalue weighted by Gasteiger charge is -1.94. The minimum Gasteiger partial charge on any atom is -0.419 e. The summed E-state index contributed by atoms with van der Waals surface area (Å²) in [6.07, 6.45) is 3.86. The van der Waals surface area contributed by atoms with Gasteiger partial charge in [-0.1, -0.05) is 13.3 Å². The van der Waals surface area contributed by atoms with Gasteiger partial charge in [0.05, 0.1) is 0 Å². The Morgan fingerprint density at radius 1 is 1.70 bits per heavy atom. The van der Waals surface area contributed by atoms with Crippen LogP contribution in [0.15, 0.2) is 0 Å². The van der Waals surface area contributed by atoms with Gasteiger partial charge < -0.3 is 4.74 Å². The Hall–Kier alpha value is -1.04. The van der Waals surface area contributed by atoms with E-state index in [1.54, 1.807) is 0 Å². The number of carbonyl (C=O) groups is 1. The molecule has 0 unspecified atom stereocenters. The maximum absolute atomic E-state index is 10.7. The van der Waals surface area contributed by atoms with Gasteiger partial charge in [-0.15, -0.1) is 0 Å². The molecule has 0 aliphatic rings. The van der Waals surface area contributed by atoms with E-state index in [9.17, 15) is 4.79 Å². The highest BCUT2D eigenvalue weighted by molar-refractivity contribution is 5.79. The molecule has 0 saturated heterocycles. The molecule has 0 N–H and O–H groups in total. The van der Waals surface area contributed by atoms with Crippen LogP contribution in [0.3, 0.4) is 0 Å². The van der Waals surface area contributed by atoms with E-state index in [1.807, 2.05) is 6.92 Å². The zero-order valence-electron chi connectivity index (χ0n) is 6.09. The van der Waals surface area contributed by atoms with E-state index < -0.39 is 0 Å². The number of unbranched alkanes of at least 4 members (excludes halogenated alkanes) is 1. The monoisotopic (exact) mass is 141 g/mol. The topological polar surface area (TPSA) is 50.1 Å². The van der Waals surface area contributed by atoms with Crippen LogP contribution >= 0.6 is 0 Å². The predicted octanol–water partition coefficient (Wildman–Crippen LogP) is 1.24. The van der Waals surface area contributed by atoms with Gasteiger partial charge in [0.2, 0.25) is 0 Å². The first-order chi connectivity index (χ1) is 4.81. The average molecular weight is 141 g/mol. The lowest BCUT2D eigenvalue weighted by Crippen LogP contribution is -2.05. The van der Waals surface area contributed by atoms with Crippen molar-refractivity contribution in [2.75, 3.05) is 6.61 Å². The Labute approximate surface area is 60.6 Å². The number of rotatable bonds is 5. The van der Waals surface area contributed by atoms with E-state index in [1.165, 1.54) is 6.26 Å². The molecule has 0 rings (SSSR count). The zero-order chi connectivity index (χ0) is 7.82. The van der Waals surface area contributed by atoms with Gasteiger partial charge in [-0.3, -0.25) is 4.79 Å². The van der Waals surface area contributed by atoms with Gasteiger partial charge in [-0.2, -0.15) is 5.26 Å². The Bertz CT molecular complexity index is 137. The molecule has 0 aromatic rings. The fourth-order valence-electron chi connectivity index (χ4n) is 0.559. The smallest absolute Gasteiger partial charge is 0.286 e. The third kappa shape index (κ3) is 5.10. The molecule has 0 radical (unpaired) electrons. The number of hydrogen-bond donors (Lipinski definition) is 0. The summed E-state index contributed by atoms with van der Waals surface area (Å²) in [5, 5.41) is 7.92. The maximum atomic E-state index is 10.7. The average Bonchev–Trinajstić information content (AvgIpc) is 1.97. The number of ketones is 1. The molecule has 0 bridgehead atoms. The minimum absolute atomic E-state index is 0.00315. The van der Waals surface area contributed by atoms with Gasteiger partial charge in [0.1, 0.15) is 0 Å². The van der Waals surface area contributed by atoms with E-state index in [4.69, 9.17) is 5.26 Å². The maximum Gasteiger partial charge on any atom is 0.286 e. The Morgan fingerprint density at radius 2 is 2.40 bits per heavy atom.